The van der Waals surface area contributed by atoms with Gasteiger partial charge in [-0.15, -0.1) is 27.8 Å². The molecule has 1 N–H and O–H groups in total. The number of aromatic nitrogens is 4. The van der Waals surface area contributed by atoms with Crippen LogP contribution >= 0.6 is 22.7 Å². The molecule has 94 valence electrons. The zero-order chi connectivity index (χ0) is 13.1. The fourth-order valence-electron chi connectivity index (χ4n) is 2.31. The maximum absolute atomic E-state index is 11.7. The Balaban J connectivity index is 2.31. The molecule has 0 amide bonds. The molecule has 0 aliphatic carbocycles. The van der Waals surface area contributed by atoms with Gasteiger partial charge in [0.1, 0.15) is 15.0 Å². The quantitative estimate of drug-likeness (QED) is 0.540. The second kappa shape index (κ2) is 3.58. The Morgan fingerprint density at radius 2 is 1.95 bits per heavy atom. The molecule has 4 heterocycles. The predicted octanol–water partition coefficient (Wildman–Crippen LogP) is 2.76. The summed E-state index contributed by atoms with van der Waals surface area (Å²) in [6, 6.07) is 2.07. The van der Waals surface area contributed by atoms with Crippen LogP contribution in [0.1, 0.15) is 9.75 Å². The number of thiophene rings is 2. The molecular weight excluding hydrogens is 280 g/mol. The lowest BCUT2D eigenvalue weighted by Gasteiger charge is -1.93. The zero-order valence-corrected chi connectivity index (χ0v) is 11.8. The largest absolute Gasteiger partial charge is 0.285 e. The molecular formula is C12H8N4OS2. The maximum atomic E-state index is 11.7. The van der Waals surface area contributed by atoms with Crippen molar-refractivity contribution in [3.05, 3.63) is 26.2 Å². The Bertz CT molecular complexity index is 1010. The van der Waals surface area contributed by atoms with Gasteiger partial charge in [-0.2, -0.15) is 0 Å². The van der Waals surface area contributed by atoms with Gasteiger partial charge in [0.15, 0.2) is 0 Å². The Morgan fingerprint density at radius 1 is 1.11 bits per heavy atom. The maximum Gasteiger partial charge on any atom is 0.285 e. The van der Waals surface area contributed by atoms with Gasteiger partial charge in [-0.3, -0.25) is 4.79 Å². The SMILES string of the molecule is Cc1sc(C)c2nc3sc4c(=O)[nH]nnc4c3cc12. The highest BCUT2D eigenvalue weighted by Gasteiger charge is 2.14. The summed E-state index contributed by atoms with van der Waals surface area (Å²) < 4.78 is 0.587. The van der Waals surface area contributed by atoms with Crippen LogP contribution in [0.2, 0.25) is 0 Å². The third-order valence-corrected chi connectivity index (χ3v) is 5.30. The second-order valence-corrected chi connectivity index (χ2v) is 6.80. The molecule has 0 aromatic carbocycles. The van der Waals surface area contributed by atoms with E-state index in [4.69, 9.17) is 0 Å². The van der Waals surface area contributed by atoms with E-state index in [2.05, 4.69) is 40.3 Å². The van der Waals surface area contributed by atoms with Gasteiger partial charge in [-0.05, 0) is 19.9 Å². The fourth-order valence-corrected chi connectivity index (χ4v) is 4.26. The number of rotatable bonds is 0. The van der Waals surface area contributed by atoms with Crippen LogP contribution < -0.4 is 5.56 Å². The molecule has 4 aromatic rings. The summed E-state index contributed by atoms with van der Waals surface area (Å²) in [5.74, 6) is 0. The van der Waals surface area contributed by atoms with E-state index in [-0.39, 0.29) is 5.56 Å². The van der Waals surface area contributed by atoms with Crippen LogP contribution in [0.4, 0.5) is 0 Å². The topological polar surface area (TPSA) is 71.5 Å². The zero-order valence-electron chi connectivity index (χ0n) is 10.1. The summed E-state index contributed by atoms with van der Waals surface area (Å²) in [7, 11) is 0. The van der Waals surface area contributed by atoms with Crippen molar-refractivity contribution in [1.82, 2.24) is 20.4 Å². The summed E-state index contributed by atoms with van der Waals surface area (Å²) in [5.41, 5.74) is 1.45. The Morgan fingerprint density at radius 3 is 2.79 bits per heavy atom. The molecule has 0 bridgehead atoms. The molecule has 0 aliphatic rings. The Hall–Kier alpha value is -1.86. The third kappa shape index (κ3) is 1.39. The monoisotopic (exact) mass is 288 g/mol. The molecule has 4 aromatic heterocycles. The van der Waals surface area contributed by atoms with Crippen molar-refractivity contribution in [2.75, 3.05) is 0 Å². The molecule has 19 heavy (non-hydrogen) atoms. The number of aromatic amines is 1. The number of fused-ring (bicyclic) bond motifs is 4. The lowest BCUT2D eigenvalue weighted by molar-refractivity contribution is 0.876. The van der Waals surface area contributed by atoms with Gasteiger partial charge in [0.25, 0.3) is 5.56 Å². The van der Waals surface area contributed by atoms with Gasteiger partial charge in [-0.1, -0.05) is 5.21 Å². The van der Waals surface area contributed by atoms with Crippen LogP contribution in [-0.2, 0) is 0 Å². The molecule has 5 nitrogen and oxygen atoms in total. The van der Waals surface area contributed by atoms with Gasteiger partial charge in [0.2, 0.25) is 0 Å². The molecule has 0 spiro atoms. The number of pyridine rings is 1. The van der Waals surface area contributed by atoms with Gasteiger partial charge in [0, 0.05) is 20.5 Å². The van der Waals surface area contributed by atoms with E-state index in [9.17, 15) is 4.79 Å². The van der Waals surface area contributed by atoms with Gasteiger partial charge < -0.3 is 0 Å². The number of nitrogens with one attached hydrogen (secondary N) is 1. The lowest BCUT2D eigenvalue weighted by Crippen LogP contribution is -2.07. The molecule has 0 fully saturated rings. The minimum absolute atomic E-state index is 0.205. The van der Waals surface area contributed by atoms with Gasteiger partial charge in [0.05, 0.1) is 5.52 Å². The highest BCUT2D eigenvalue weighted by Crippen LogP contribution is 2.35. The highest BCUT2D eigenvalue weighted by atomic mass is 32.1. The van der Waals surface area contributed by atoms with E-state index in [0.29, 0.717) is 10.2 Å². The van der Waals surface area contributed by atoms with E-state index >= 15 is 0 Å². The third-order valence-electron chi connectivity index (χ3n) is 3.18. The first-order chi connectivity index (χ1) is 9.15. The standard InChI is InChI=1S/C12H8N4OS2/c1-4-6-3-7-9-10(11(17)15-16-14-9)19-12(7)13-8(6)5(2)18-4/h3H,1-2H3,(H,14,15,17). The number of hydrogen-bond donors (Lipinski definition) is 1. The molecule has 0 saturated carbocycles. The molecule has 0 atom stereocenters. The predicted molar refractivity (Wildman–Crippen MR) is 78.2 cm³/mol. The van der Waals surface area contributed by atoms with E-state index in [1.165, 1.54) is 21.1 Å². The average Bonchev–Trinajstić information content (AvgIpc) is 2.88. The number of aryl methyl sites for hydroxylation is 2. The van der Waals surface area contributed by atoms with Crippen molar-refractivity contribution in [3.8, 4) is 0 Å². The first-order valence-electron chi connectivity index (χ1n) is 5.69. The van der Waals surface area contributed by atoms with E-state index in [1.54, 1.807) is 11.3 Å². The minimum Gasteiger partial charge on any atom is -0.266 e. The van der Waals surface area contributed by atoms with Crippen LogP contribution in [0, 0.1) is 13.8 Å². The van der Waals surface area contributed by atoms with Crippen LogP contribution in [0.3, 0.4) is 0 Å². The van der Waals surface area contributed by atoms with Crippen LogP contribution in [-0.4, -0.2) is 20.4 Å². The summed E-state index contributed by atoms with van der Waals surface area (Å²) in [6.07, 6.45) is 0. The van der Waals surface area contributed by atoms with E-state index in [1.807, 2.05) is 0 Å². The number of H-pyrrole nitrogens is 1. The molecule has 0 aliphatic heterocycles. The average molecular weight is 288 g/mol. The van der Waals surface area contributed by atoms with Crippen LogP contribution in [0.5, 0.6) is 0 Å². The van der Waals surface area contributed by atoms with Crippen molar-refractivity contribution in [3.63, 3.8) is 0 Å². The normalized spacial score (nSPS) is 11.9. The summed E-state index contributed by atoms with van der Waals surface area (Å²) in [4.78, 5) is 19.7. The summed E-state index contributed by atoms with van der Waals surface area (Å²) >= 11 is 3.11. The van der Waals surface area contributed by atoms with E-state index < -0.39 is 0 Å². The van der Waals surface area contributed by atoms with Crippen molar-refractivity contribution in [2.45, 2.75) is 13.8 Å². The summed E-state index contributed by atoms with van der Waals surface area (Å²) in [6.45, 7) is 4.15. The fraction of sp³-hybridized carbons (Fsp3) is 0.167. The minimum atomic E-state index is -0.205. The molecule has 0 saturated heterocycles. The molecule has 7 heteroatoms. The van der Waals surface area contributed by atoms with Gasteiger partial charge in [-0.25, -0.2) is 10.1 Å². The Labute approximate surface area is 114 Å². The van der Waals surface area contributed by atoms with Crippen LogP contribution in [0.15, 0.2) is 10.9 Å². The smallest absolute Gasteiger partial charge is 0.266 e. The lowest BCUT2D eigenvalue weighted by atomic mass is 10.2. The highest BCUT2D eigenvalue weighted by molar-refractivity contribution is 7.25. The first kappa shape index (κ1) is 11.0. The molecule has 0 radical (unpaired) electrons. The first-order valence-corrected chi connectivity index (χ1v) is 7.33. The number of hydrogen-bond acceptors (Lipinski definition) is 6. The summed E-state index contributed by atoms with van der Waals surface area (Å²) in [5, 5.41) is 12.1. The van der Waals surface area contributed by atoms with Crippen molar-refractivity contribution in [2.24, 2.45) is 0 Å². The van der Waals surface area contributed by atoms with Crippen molar-refractivity contribution >= 4 is 54.0 Å². The van der Waals surface area contributed by atoms with E-state index in [0.717, 1.165) is 21.1 Å². The van der Waals surface area contributed by atoms with Gasteiger partial charge >= 0.3 is 0 Å². The Kier molecular flexibility index (Phi) is 2.07. The van der Waals surface area contributed by atoms with Crippen molar-refractivity contribution < 1.29 is 0 Å². The second-order valence-electron chi connectivity index (χ2n) is 4.37. The van der Waals surface area contributed by atoms with Crippen molar-refractivity contribution in [1.29, 1.82) is 0 Å². The van der Waals surface area contributed by atoms with Crippen LogP contribution in [0.25, 0.3) is 31.3 Å². The molecule has 4 rings (SSSR count). The molecule has 0 unspecified atom stereocenters. The number of nitrogens with zero attached hydrogens (tertiary/aromatic N) is 3.